The zero-order valence-electron chi connectivity index (χ0n) is 15.5. The van der Waals surface area contributed by atoms with Crippen LogP contribution >= 0.6 is 0 Å². The van der Waals surface area contributed by atoms with Crippen molar-refractivity contribution in [2.75, 3.05) is 18.9 Å². The molecule has 0 aliphatic carbocycles. The lowest BCUT2D eigenvalue weighted by molar-refractivity contribution is 0.0959. The smallest absolute Gasteiger partial charge is 0.267 e. The number of aromatic amines is 1. The summed E-state index contributed by atoms with van der Waals surface area (Å²) in [7, 11) is -0.672. The van der Waals surface area contributed by atoms with Gasteiger partial charge in [-0.05, 0) is 61.4 Å². The third-order valence-corrected chi connectivity index (χ3v) is 6.07. The number of anilines is 1. The van der Waals surface area contributed by atoms with Crippen LogP contribution in [0.3, 0.4) is 0 Å². The molecule has 27 heavy (non-hydrogen) atoms. The van der Waals surface area contributed by atoms with Crippen molar-refractivity contribution in [3.05, 3.63) is 53.2 Å². The second-order valence-corrected chi connectivity index (χ2v) is 7.84. The number of amides is 1. The highest BCUT2D eigenvalue weighted by molar-refractivity contribution is 7.92. The number of H-pyrrole nitrogens is 1. The van der Waals surface area contributed by atoms with E-state index in [9.17, 15) is 13.2 Å². The highest BCUT2D eigenvalue weighted by Crippen LogP contribution is 2.29. The lowest BCUT2D eigenvalue weighted by atomic mass is 10.1. The highest BCUT2D eigenvalue weighted by atomic mass is 32.2. The summed E-state index contributed by atoms with van der Waals surface area (Å²) in [5, 5.41) is 3.28. The van der Waals surface area contributed by atoms with Crippen LogP contribution in [0.1, 0.15) is 21.6 Å². The molecular formula is C19H21N3O4S. The van der Waals surface area contributed by atoms with Crippen molar-refractivity contribution in [3.8, 4) is 5.75 Å². The number of hydrogen-bond acceptors (Lipinski definition) is 4. The summed E-state index contributed by atoms with van der Waals surface area (Å²) in [6.45, 7) is 3.57. The fourth-order valence-corrected chi connectivity index (χ4v) is 4.30. The molecule has 1 heterocycles. The van der Waals surface area contributed by atoms with Gasteiger partial charge >= 0.3 is 0 Å². The minimum atomic E-state index is -3.77. The number of aromatic nitrogens is 1. The van der Waals surface area contributed by atoms with E-state index >= 15 is 0 Å². The lowest BCUT2D eigenvalue weighted by Crippen LogP contribution is -2.17. The number of benzene rings is 2. The predicted molar refractivity (Wildman–Crippen MR) is 105 cm³/mol. The summed E-state index contributed by atoms with van der Waals surface area (Å²) < 4.78 is 33.5. The first-order valence-electron chi connectivity index (χ1n) is 8.28. The Balaban J connectivity index is 1.96. The van der Waals surface area contributed by atoms with E-state index in [1.165, 1.54) is 6.07 Å². The van der Waals surface area contributed by atoms with Gasteiger partial charge in [0.25, 0.3) is 15.9 Å². The maximum absolute atomic E-state index is 12.8. The second-order valence-electron chi connectivity index (χ2n) is 6.19. The van der Waals surface area contributed by atoms with Gasteiger partial charge in [0.1, 0.15) is 11.4 Å². The Morgan fingerprint density at radius 3 is 2.48 bits per heavy atom. The zero-order valence-corrected chi connectivity index (χ0v) is 16.3. The normalized spacial score (nSPS) is 11.4. The Morgan fingerprint density at radius 1 is 1.07 bits per heavy atom. The summed E-state index contributed by atoms with van der Waals surface area (Å²) in [5.41, 5.74) is 2.98. The minimum absolute atomic E-state index is 0.195. The van der Waals surface area contributed by atoms with E-state index in [-0.39, 0.29) is 10.8 Å². The molecule has 2 aromatic carbocycles. The SMILES string of the molecule is CNC(=O)c1cc2cc(NS(=O)(=O)c3ccc(OC)c(C)c3C)ccc2[nH]1. The fraction of sp³-hybridized carbons (Fsp3) is 0.211. The van der Waals surface area contributed by atoms with Crippen LogP contribution in [0.4, 0.5) is 5.69 Å². The molecule has 0 aliphatic rings. The van der Waals surface area contributed by atoms with Gasteiger partial charge in [-0.15, -0.1) is 0 Å². The van der Waals surface area contributed by atoms with Crippen molar-refractivity contribution >= 4 is 32.5 Å². The van der Waals surface area contributed by atoms with Gasteiger partial charge < -0.3 is 15.0 Å². The summed E-state index contributed by atoms with van der Waals surface area (Å²) in [5.74, 6) is 0.402. The summed E-state index contributed by atoms with van der Waals surface area (Å²) in [6, 6.07) is 9.90. The van der Waals surface area contributed by atoms with Crippen molar-refractivity contribution in [2.45, 2.75) is 18.7 Å². The van der Waals surface area contributed by atoms with Crippen LogP contribution in [0.5, 0.6) is 5.75 Å². The van der Waals surface area contributed by atoms with Crippen molar-refractivity contribution in [1.29, 1.82) is 0 Å². The predicted octanol–water partition coefficient (Wildman–Crippen LogP) is 2.95. The number of nitrogens with one attached hydrogen (secondary N) is 3. The van der Waals surface area contributed by atoms with Crippen LogP contribution in [-0.4, -0.2) is 33.5 Å². The molecule has 0 saturated heterocycles. The van der Waals surface area contributed by atoms with E-state index < -0.39 is 10.0 Å². The molecular weight excluding hydrogens is 366 g/mol. The first-order valence-corrected chi connectivity index (χ1v) is 9.77. The van der Waals surface area contributed by atoms with E-state index in [1.54, 1.807) is 51.4 Å². The Labute approximate surface area is 157 Å². The standard InChI is InChI=1S/C19H21N3O4S/c1-11-12(2)18(8-7-17(11)26-4)27(24,25)22-14-5-6-15-13(9-14)10-16(21-15)19(23)20-3/h5-10,21-22H,1-4H3,(H,20,23). The molecule has 3 rings (SSSR count). The van der Waals surface area contributed by atoms with Crippen LogP contribution in [0.2, 0.25) is 0 Å². The van der Waals surface area contributed by atoms with Crippen molar-refractivity contribution < 1.29 is 17.9 Å². The molecule has 7 nitrogen and oxygen atoms in total. The number of carbonyl (C=O) groups excluding carboxylic acids is 1. The average molecular weight is 387 g/mol. The molecule has 3 N–H and O–H groups in total. The van der Waals surface area contributed by atoms with Gasteiger partial charge in [-0.2, -0.15) is 0 Å². The number of ether oxygens (including phenoxy) is 1. The first-order chi connectivity index (χ1) is 12.8. The fourth-order valence-electron chi connectivity index (χ4n) is 2.95. The second kappa shape index (κ2) is 6.96. The van der Waals surface area contributed by atoms with Gasteiger partial charge in [-0.1, -0.05) is 0 Å². The van der Waals surface area contributed by atoms with Gasteiger partial charge in [-0.25, -0.2) is 8.42 Å². The molecule has 1 amide bonds. The van der Waals surface area contributed by atoms with Gasteiger partial charge in [0, 0.05) is 23.6 Å². The monoisotopic (exact) mass is 387 g/mol. The Kier molecular flexibility index (Phi) is 4.84. The molecule has 0 atom stereocenters. The van der Waals surface area contributed by atoms with Crippen LogP contribution in [-0.2, 0) is 10.0 Å². The lowest BCUT2D eigenvalue weighted by Gasteiger charge is -2.14. The molecule has 0 spiro atoms. The number of hydrogen-bond donors (Lipinski definition) is 3. The molecule has 0 saturated carbocycles. The molecule has 0 aliphatic heterocycles. The molecule has 3 aromatic rings. The van der Waals surface area contributed by atoms with E-state index in [0.29, 0.717) is 22.7 Å². The molecule has 8 heteroatoms. The molecule has 1 aromatic heterocycles. The van der Waals surface area contributed by atoms with Gasteiger partial charge in [0.15, 0.2) is 0 Å². The van der Waals surface area contributed by atoms with Crippen LogP contribution in [0.15, 0.2) is 41.3 Å². The molecule has 142 valence electrons. The van der Waals surface area contributed by atoms with E-state index in [4.69, 9.17) is 4.74 Å². The largest absolute Gasteiger partial charge is 0.496 e. The topological polar surface area (TPSA) is 100 Å². The van der Waals surface area contributed by atoms with E-state index in [1.807, 2.05) is 6.92 Å². The summed E-state index contributed by atoms with van der Waals surface area (Å²) >= 11 is 0. The average Bonchev–Trinajstić information content (AvgIpc) is 3.06. The van der Waals surface area contributed by atoms with Crippen molar-refractivity contribution in [3.63, 3.8) is 0 Å². The van der Waals surface area contributed by atoms with Crippen LogP contribution in [0.25, 0.3) is 10.9 Å². The first kappa shape index (κ1) is 18.8. The molecule has 0 fully saturated rings. The van der Waals surface area contributed by atoms with Gasteiger partial charge in [-0.3, -0.25) is 9.52 Å². The zero-order chi connectivity index (χ0) is 19.8. The summed E-state index contributed by atoms with van der Waals surface area (Å²) in [4.78, 5) is 14.9. The van der Waals surface area contributed by atoms with Gasteiger partial charge in [0.2, 0.25) is 0 Å². The summed E-state index contributed by atoms with van der Waals surface area (Å²) in [6.07, 6.45) is 0. The highest BCUT2D eigenvalue weighted by Gasteiger charge is 2.20. The van der Waals surface area contributed by atoms with Crippen LogP contribution in [0, 0.1) is 13.8 Å². The molecule has 0 unspecified atom stereocenters. The molecule has 0 bridgehead atoms. The minimum Gasteiger partial charge on any atom is -0.496 e. The number of fused-ring (bicyclic) bond motifs is 1. The maximum atomic E-state index is 12.8. The number of sulfonamides is 1. The van der Waals surface area contributed by atoms with E-state index in [2.05, 4.69) is 15.0 Å². The number of rotatable bonds is 5. The Hall–Kier alpha value is -3.00. The van der Waals surface area contributed by atoms with Crippen molar-refractivity contribution in [1.82, 2.24) is 10.3 Å². The third-order valence-electron chi connectivity index (χ3n) is 4.54. The van der Waals surface area contributed by atoms with Crippen molar-refractivity contribution in [2.24, 2.45) is 0 Å². The number of methoxy groups -OCH3 is 1. The number of carbonyl (C=O) groups is 1. The third kappa shape index (κ3) is 3.48. The maximum Gasteiger partial charge on any atom is 0.267 e. The Bertz CT molecular complexity index is 1130. The molecule has 0 radical (unpaired) electrons. The van der Waals surface area contributed by atoms with E-state index in [0.717, 1.165) is 16.5 Å². The Morgan fingerprint density at radius 2 is 1.81 bits per heavy atom. The quantitative estimate of drug-likeness (QED) is 0.627. The van der Waals surface area contributed by atoms with Gasteiger partial charge in [0.05, 0.1) is 12.0 Å². The van der Waals surface area contributed by atoms with Crippen LogP contribution < -0.4 is 14.8 Å².